The minimum Gasteiger partial charge on any atom is -0.456 e. The van der Waals surface area contributed by atoms with Gasteiger partial charge in [0.1, 0.15) is 22.3 Å². The first-order valence-electron chi connectivity index (χ1n) is 19.0. The molecule has 0 saturated carbocycles. The van der Waals surface area contributed by atoms with Crippen LogP contribution >= 0.6 is 0 Å². The third kappa shape index (κ3) is 5.01. The quantitative estimate of drug-likeness (QED) is 0.176. The van der Waals surface area contributed by atoms with E-state index < -0.39 is 0 Å². The Hall–Kier alpha value is -7.83. The van der Waals surface area contributed by atoms with Crippen LogP contribution in [0.2, 0.25) is 0 Å². The van der Waals surface area contributed by atoms with Crippen molar-refractivity contribution in [1.29, 1.82) is 0 Å². The molecule has 8 aromatic carbocycles. The summed E-state index contributed by atoms with van der Waals surface area (Å²) < 4.78 is 15.7. The molecule has 0 aliphatic rings. The zero-order valence-corrected chi connectivity index (χ0v) is 30.4. The molecule has 57 heavy (non-hydrogen) atoms. The summed E-state index contributed by atoms with van der Waals surface area (Å²) in [5.41, 5.74) is 11.5. The van der Waals surface area contributed by atoms with Crippen LogP contribution < -0.4 is 0 Å². The van der Waals surface area contributed by atoms with Crippen LogP contribution in [0.15, 0.2) is 191 Å². The number of hydrogen-bond acceptors (Lipinski definition) is 5. The van der Waals surface area contributed by atoms with Crippen molar-refractivity contribution in [3.05, 3.63) is 182 Å². The fourth-order valence-corrected chi connectivity index (χ4v) is 8.36. The van der Waals surface area contributed by atoms with Gasteiger partial charge in [-0.15, -0.1) is 0 Å². The SMILES string of the molecule is c1ccc(-c2ccc3c(c2)c2ccccc2n3-c2ccc3c(c2)oc2cc4c(cc23)oc2c(-c3nc(-c5ccccc5)nc(-c5ccccc5)n3)cccc24)cc1. The number of hydrogen-bond donors (Lipinski definition) is 0. The molecule has 0 atom stereocenters. The number of rotatable bonds is 5. The topological polar surface area (TPSA) is 69.9 Å². The lowest BCUT2D eigenvalue weighted by atomic mass is 10.0. The largest absolute Gasteiger partial charge is 0.456 e. The lowest BCUT2D eigenvalue weighted by Gasteiger charge is -2.08. The average molecular weight is 731 g/mol. The van der Waals surface area contributed by atoms with Gasteiger partial charge >= 0.3 is 0 Å². The predicted octanol–water partition coefficient (Wildman–Crippen LogP) is 13.4. The summed E-state index contributed by atoms with van der Waals surface area (Å²) >= 11 is 0. The predicted molar refractivity (Wildman–Crippen MR) is 230 cm³/mol. The molecule has 12 rings (SSSR count). The van der Waals surface area contributed by atoms with E-state index in [4.69, 9.17) is 23.8 Å². The second kappa shape index (κ2) is 12.3. The fourth-order valence-electron chi connectivity index (χ4n) is 8.36. The Morgan fingerprint density at radius 2 is 0.912 bits per heavy atom. The summed E-state index contributed by atoms with van der Waals surface area (Å²) in [5, 5.41) is 6.39. The van der Waals surface area contributed by atoms with Crippen molar-refractivity contribution in [2.45, 2.75) is 0 Å². The zero-order chi connectivity index (χ0) is 37.5. The number of furan rings is 2. The van der Waals surface area contributed by atoms with Crippen LogP contribution in [0.3, 0.4) is 0 Å². The number of para-hydroxylation sites is 2. The van der Waals surface area contributed by atoms with Gasteiger partial charge in [0.2, 0.25) is 0 Å². The van der Waals surface area contributed by atoms with Crippen molar-refractivity contribution in [2.75, 3.05) is 0 Å². The minimum absolute atomic E-state index is 0.551. The Kier molecular flexibility index (Phi) is 6.83. The fraction of sp³-hybridized carbons (Fsp3) is 0. The molecule has 266 valence electrons. The van der Waals surface area contributed by atoms with Crippen molar-refractivity contribution < 1.29 is 8.83 Å². The molecule has 0 fully saturated rings. The molecule has 0 aliphatic heterocycles. The summed E-state index contributed by atoms with van der Waals surface area (Å²) in [5.74, 6) is 1.76. The van der Waals surface area contributed by atoms with E-state index in [9.17, 15) is 0 Å². The van der Waals surface area contributed by atoms with Gasteiger partial charge in [0.05, 0.1) is 16.6 Å². The Morgan fingerprint density at radius 1 is 0.333 bits per heavy atom. The Balaban J connectivity index is 0.994. The van der Waals surface area contributed by atoms with Gasteiger partial charge in [0, 0.05) is 55.2 Å². The zero-order valence-electron chi connectivity index (χ0n) is 30.4. The van der Waals surface area contributed by atoms with E-state index in [1.807, 2.05) is 72.8 Å². The molecule has 4 heterocycles. The highest BCUT2D eigenvalue weighted by Crippen LogP contribution is 2.41. The maximum Gasteiger partial charge on any atom is 0.167 e. The summed E-state index contributed by atoms with van der Waals surface area (Å²) in [7, 11) is 0. The summed E-state index contributed by atoms with van der Waals surface area (Å²) in [6, 6.07) is 62.8. The van der Waals surface area contributed by atoms with Gasteiger partial charge < -0.3 is 13.4 Å². The van der Waals surface area contributed by atoms with Gasteiger partial charge in [-0.1, -0.05) is 127 Å². The van der Waals surface area contributed by atoms with E-state index in [0.717, 1.165) is 77.3 Å². The standard InChI is InChI=1S/C51H30N4O2/c1-4-13-31(14-5-1)34-23-26-44-40(27-34)36-19-10-11-22-43(36)55(44)35-24-25-37-41-29-47-42(30-46(41)56-45(37)28-35)38-20-12-21-39(48(38)57-47)51-53-49(32-15-6-2-7-16-32)52-50(54-51)33-17-8-3-9-18-33/h1-30H. The van der Waals surface area contributed by atoms with Crippen molar-refractivity contribution in [3.8, 4) is 51.0 Å². The van der Waals surface area contributed by atoms with Gasteiger partial charge in [-0.3, -0.25) is 0 Å². The molecule has 0 spiro atoms. The Morgan fingerprint density at radius 3 is 1.65 bits per heavy atom. The Labute approximate surface area is 325 Å². The molecule has 4 aromatic heterocycles. The normalized spacial score (nSPS) is 11.9. The number of benzene rings is 8. The van der Waals surface area contributed by atoms with Crippen LogP contribution in [0.4, 0.5) is 0 Å². The molecule has 0 aliphatic carbocycles. The van der Waals surface area contributed by atoms with Crippen molar-refractivity contribution in [1.82, 2.24) is 19.5 Å². The van der Waals surface area contributed by atoms with E-state index in [2.05, 4.69) is 114 Å². The lowest BCUT2D eigenvalue weighted by Crippen LogP contribution is -2.00. The molecule has 0 amide bonds. The molecule has 0 saturated heterocycles. The average Bonchev–Trinajstić information content (AvgIpc) is 3.94. The maximum absolute atomic E-state index is 6.73. The van der Waals surface area contributed by atoms with Crippen LogP contribution in [0.1, 0.15) is 0 Å². The van der Waals surface area contributed by atoms with Crippen molar-refractivity contribution in [2.24, 2.45) is 0 Å². The van der Waals surface area contributed by atoms with Gasteiger partial charge in [0.25, 0.3) is 0 Å². The van der Waals surface area contributed by atoms with Gasteiger partial charge in [-0.05, 0) is 59.7 Å². The van der Waals surface area contributed by atoms with Gasteiger partial charge in [-0.25, -0.2) is 15.0 Å². The van der Waals surface area contributed by atoms with Crippen LogP contribution in [-0.4, -0.2) is 19.5 Å². The highest BCUT2D eigenvalue weighted by Gasteiger charge is 2.20. The van der Waals surface area contributed by atoms with Crippen molar-refractivity contribution >= 4 is 65.7 Å². The molecule has 0 unspecified atom stereocenters. The second-order valence-electron chi connectivity index (χ2n) is 14.4. The molecule has 12 aromatic rings. The molecule has 0 bridgehead atoms. The summed E-state index contributed by atoms with van der Waals surface area (Å²) in [4.78, 5) is 14.9. The second-order valence-corrected chi connectivity index (χ2v) is 14.4. The van der Waals surface area contributed by atoms with Crippen LogP contribution in [-0.2, 0) is 0 Å². The molecule has 0 radical (unpaired) electrons. The van der Waals surface area contributed by atoms with Gasteiger partial charge in [-0.2, -0.15) is 0 Å². The molecule has 6 nitrogen and oxygen atoms in total. The third-order valence-corrected chi connectivity index (χ3v) is 11.1. The first kappa shape index (κ1) is 31.5. The van der Waals surface area contributed by atoms with E-state index >= 15 is 0 Å². The number of fused-ring (bicyclic) bond motifs is 9. The number of nitrogens with zero attached hydrogens (tertiary/aromatic N) is 4. The highest BCUT2D eigenvalue weighted by molar-refractivity contribution is 6.17. The molecule has 0 N–H and O–H groups in total. The van der Waals surface area contributed by atoms with E-state index in [1.54, 1.807) is 0 Å². The third-order valence-electron chi connectivity index (χ3n) is 11.1. The smallest absolute Gasteiger partial charge is 0.167 e. The first-order chi connectivity index (χ1) is 28.2. The maximum atomic E-state index is 6.73. The van der Waals surface area contributed by atoms with E-state index in [0.29, 0.717) is 17.5 Å². The highest BCUT2D eigenvalue weighted by atomic mass is 16.3. The molecule has 6 heteroatoms. The van der Waals surface area contributed by atoms with E-state index in [1.165, 1.54) is 21.9 Å². The monoisotopic (exact) mass is 730 g/mol. The van der Waals surface area contributed by atoms with Crippen LogP contribution in [0.5, 0.6) is 0 Å². The van der Waals surface area contributed by atoms with Crippen molar-refractivity contribution in [3.63, 3.8) is 0 Å². The van der Waals surface area contributed by atoms with E-state index in [-0.39, 0.29) is 0 Å². The number of aromatic nitrogens is 4. The Bertz CT molecular complexity index is 3450. The minimum atomic E-state index is 0.551. The molecular formula is C51H30N4O2. The summed E-state index contributed by atoms with van der Waals surface area (Å²) in [6.45, 7) is 0. The molecular weight excluding hydrogens is 701 g/mol. The first-order valence-corrected chi connectivity index (χ1v) is 19.0. The lowest BCUT2D eigenvalue weighted by molar-refractivity contribution is 0.664. The van der Waals surface area contributed by atoms with Crippen LogP contribution in [0.25, 0.3) is 117 Å². The van der Waals surface area contributed by atoms with Crippen LogP contribution in [0, 0.1) is 0 Å². The summed E-state index contributed by atoms with van der Waals surface area (Å²) in [6.07, 6.45) is 0. The van der Waals surface area contributed by atoms with Gasteiger partial charge in [0.15, 0.2) is 17.5 Å².